The molecule has 3 nitrogen and oxygen atoms in total. The first kappa shape index (κ1) is 13.1. The highest BCUT2D eigenvalue weighted by Crippen LogP contribution is 2.25. The van der Waals surface area contributed by atoms with Crippen molar-refractivity contribution in [2.45, 2.75) is 39.3 Å². The third-order valence-corrected chi connectivity index (χ3v) is 3.74. The quantitative estimate of drug-likeness (QED) is 0.897. The Kier molecular flexibility index (Phi) is 3.70. The van der Waals surface area contributed by atoms with E-state index in [2.05, 4.69) is 36.3 Å². The first-order chi connectivity index (χ1) is 9.72. The Balaban J connectivity index is 1.66. The average Bonchev–Trinajstić information content (AvgIpc) is 3.27. The van der Waals surface area contributed by atoms with Gasteiger partial charge in [0.15, 0.2) is 0 Å². The maximum atomic E-state index is 5.85. The minimum Gasteiger partial charge on any atom is -0.439 e. The SMILES string of the molecule is Cc1cccc(Oc2ccc(CNC3CC3)cn2)c1C. The van der Waals surface area contributed by atoms with Crippen molar-refractivity contribution in [3.05, 3.63) is 53.2 Å². The summed E-state index contributed by atoms with van der Waals surface area (Å²) in [7, 11) is 0. The highest BCUT2D eigenvalue weighted by molar-refractivity contribution is 5.40. The molecule has 0 amide bonds. The molecular weight excluding hydrogens is 248 g/mol. The first-order valence-corrected chi connectivity index (χ1v) is 7.15. The summed E-state index contributed by atoms with van der Waals surface area (Å²) in [5, 5.41) is 3.48. The zero-order valence-corrected chi connectivity index (χ0v) is 12.0. The second-order valence-corrected chi connectivity index (χ2v) is 5.46. The van der Waals surface area contributed by atoms with Crippen molar-refractivity contribution in [2.75, 3.05) is 0 Å². The number of aryl methyl sites for hydroxylation is 1. The van der Waals surface area contributed by atoms with Gasteiger partial charge in [0.05, 0.1) is 0 Å². The fourth-order valence-electron chi connectivity index (χ4n) is 2.07. The van der Waals surface area contributed by atoms with Crippen molar-refractivity contribution in [3.8, 4) is 11.6 Å². The molecule has 3 heteroatoms. The van der Waals surface area contributed by atoms with E-state index in [1.807, 2.05) is 24.4 Å². The lowest BCUT2D eigenvalue weighted by Gasteiger charge is -2.10. The molecule has 1 saturated carbocycles. The van der Waals surface area contributed by atoms with Gasteiger partial charge in [-0.25, -0.2) is 4.98 Å². The van der Waals surface area contributed by atoms with E-state index in [4.69, 9.17) is 4.74 Å². The zero-order chi connectivity index (χ0) is 13.9. The Morgan fingerprint density at radius 3 is 2.75 bits per heavy atom. The van der Waals surface area contributed by atoms with Crippen molar-refractivity contribution in [1.29, 1.82) is 0 Å². The highest BCUT2D eigenvalue weighted by atomic mass is 16.5. The number of ether oxygens (including phenoxy) is 1. The van der Waals surface area contributed by atoms with Crippen molar-refractivity contribution in [2.24, 2.45) is 0 Å². The Morgan fingerprint density at radius 1 is 1.20 bits per heavy atom. The van der Waals surface area contributed by atoms with Crippen LogP contribution in [0.2, 0.25) is 0 Å². The first-order valence-electron chi connectivity index (χ1n) is 7.15. The van der Waals surface area contributed by atoms with Gasteiger partial charge in [0.1, 0.15) is 5.75 Å². The molecule has 1 heterocycles. The number of pyridine rings is 1. The van der Waals surface area contributed by atoms with Gasteiger partial charge >= 0.3 is 0 Å². The summed E-state index contributed by atoms with van der Waals surface area (Å²) in [5.74, 6) is 1.52. The summed E-state index contributed by atoms with van der Waals surface area (Å²) < 4.78 is 5.85. The van der Waals surface area contributed by atoms with Gasteiger partial charge in [-0.2, -0.15) is 0 Å². The summed E-state index contributed by atoms with van der Waals surface area (Å²) in [4.78, 5) is 4.38. The fourth-order valence-corrected chi connectivity index (χ4v) is 2.07. The molecule has 0 saturated heterocycles. The number of hydrogen-bond acceptors (Lipinski definition) is 3. The molecule has 1 aromatic carbocycles. The van der Waals surface area contributed by atoms with Crippen LogP contribution in [0.3, 0.4) is 0 Å². The molecule has 1 aromatic heterocycles. The monoisotopic (exact) mass is 268 g/mol. The van der Waals surface area contributed by atoms with Crippen LogP contribution in [0, 0.1) is 13.8 Å². The lowest BCUT2D eigenvalue weighted by molar-refractivity contribution is 0.458. The van der Waals surface area contributed by atoms with E-state index >= 15 is 0 Å². The largest absolute Gasteiger partial charge is 0.439 e. The van der Waals surface area contributed by atoms with Gasteiger partial charge in [0.2, 0.25) is 5.88 Å². The van der Waals surface area contributed by atoms with E-state index in [-0.39, 0.29) is 0 Å². The smallest absolute Gasteiger partial charge is 0.219 e. The molecular formula is C17H20N2O. The van der Waals surface area contributed by atoms with Gasteiger partial charge in [-0.3, -0.25) is 0 Å². The Morgan fingerprint density at radius 2 is 2.05 bits per heavy atom. The van der Waals surface area contributed by atoms with E-state index in [0.717, 1.165) is 23.9 Å². The summed E-state index contributed by atoms with van der Waals surface area (Å²) in [6.45, 7) is 5.04. The molecule has 2 aromatic rings. The van der Waals surface area contributed by atoms with Gasteiger partial charge in [0, 0.05) is 24.8 Å². The van der Waals surface area contributed by atoms with Crippen LogP contribution in [0.25, 0.3) is 0 Å². The van der Waals surface area contributed by atoms with Gasteiger partial charge in [0.25, 0.3) is 0 Å². The molecule has 0 unspecified atom stereocenters. The van der Waals surface area contributed by atoms with Gasteiger partial charge in [-0.05, 0) is 49.4 Å². The maximum absolute atomic E-state index is 5.85. The summed E-state index contributed by atoms with van der Waals surface area (Å²) >= 11 is 0. The molecule has 0 bridgehead atoms. The molecule has 1 aliphatic rings. The Labute approximate surface area is 120 Å². The van der Waals surface area contributed by atoms with Gasteiger partial charge in [-0.1, -0.05) is 18.2 Å². The summed E-state index contributed by atoms with van der Waals surface area (Å²) in [6, 6.07) is 10.8. The molecule has 0 radical (unpaired) electrons. The molecule has 0 spiro atoms. The standard InChI is InChI=1S/C17H20N2O/c1-12-4-3-5-16(13(12)2)20-17-9-6-14(11-19-17)10-18-15-7-8-15/h3-6,9,11,15,18H,7-8,10H2,1-2H3. The fraction of sp³-hybridized carbons (Fsp3) is 0.353. The van der Waals surface area contributed by atoms with Crippen LogP contribution in [0.15, 0.2) is 36.5 Å². The van der Waals surface area contributed by atoms with E-state index in [9.17, 15) is 0 Å². The van der Waals surface area contributed by atoms with Gasteiger partial charge in [-0.15, -0.1) is 0 Å². The lowest BCUT2D eigenvalue weighted by atomic mass is 10.1. The third kappa shape index (κ3) is 3.17. The normalized spacial score (nSPS) is 14.3. The van der Waals surface area contributed by atoms with Crippen molar-refractivity contribution in [3.63, 3.8) is 0 Å². The van der Waals surface area contributed by atoms with E-state index in [1.165, 1.54) is 24.0 Å². The minimum atomic E-state index is 0.647. The van der Waals surface area contributed by atoms with Crippen molar-refractivity contribution >= 4 is 0 Å². The topological polar surface area (TPSA) is 34.1 Å². The van der Waals surface area contributed by atoms with Crippen LogP contribution < -0.4 is 10.1 Å². The molecule has 1 aliphatic carbocycles. The third-order valence-electron chi connectivity index (χ3n) is 3.74. The molecule has 0 aliphatic heterocycles. The maximum Gasteiger partial charge on any atom is 0.219 e. The van der Waals surface area contributed by atoms with Crippen LogP contribution >= 0.6 is 0 Å². The zero-order valence-electron chi connectivity index (χ0n) is 12.0. The number of nitrogens with one attached hydrogen (secondary N) is 1. The summed E-state index contributed by atoms with van der Waals surface area (Å²) in [5.41, 5.74) is 3.59. The van der Waals surface area contributed by atoms with E-state index in [0.29, 0.717) is 5.88 Å². The molecule has 20 heavy (non-hydrogen) atoms. The van der Waals surface area contributed by atoms with E-state index in [1.54, 1.807) is 0 Å². The van der Waals surface area contributed by atoms with Crippen LogP contribution in [0.4, 0.5) is 0 Å². The number of nitrogens with zero attached hydrogens (tertiary/aromatic N) is 1. The van der Waals surface area contributed by atoms with Crippen molar-refractivity contribution < 1.29 is 4.74 Å². The van der Waals surface area contributed by atoms with E-state index < -0.39 is 0 Å². The highest BCUT2D eigenvalue weighted by Gasteiger charge is 2.19. The molecule has 1 fully saturated rings. The van der Waals surface area contributed by atoms with Gasteiger partial charge < -0.3 is 10.1 Å². The Bertz CT molecular complexity index is 588. The van der Waals surface area contributed by atoms with Crippen LogP contribution in [-0.2, 0) is 6.54 Å². The predicted molar refractivity (Wildman–Crippen MR) is 80.1 cm³/mol. The minimum absolute atomic E-state index is 0.647. The lowest BCUT2D eigenvalue weighted by Crippen LogP contribution is -2.15. The molecule has 104 valence electrons. The average molecular weight is 268 g/mol. The molecule has 0 atom stereocenters. The summed E-state index contributed by atoms with van der Waals surface area (Å²) in [6.07, 6.45) is 4.50. The number of rotatable bonds is 5. The van der Waals surface area contributed by atoms with Crippen LogP contribution in [0.5, 0.6) is 11.6 Å². The van der Waals surface area contributed by atoms with Crippen LogP contribution in [0.1, 0.15) is 29.5 Å². The second kappa shape index (κ2) is 5.63. The number of benzene rings is 1. The molecule has 1 N–H and O–H groups in total. The number of aromatic nitrogens is 1. The molecule has 3 rings (SSSR count). The predicted octanol–water partition coefficient (Wildman–Crippen LogP) is 3.74. The Hall–Kier alpha value is -1.87. The number of hydrogen-bond donors (Lipinski definition) is 1. The van der Waals surface area contributed by atoms with Crippen LogP contribution in [-0.4, -0.2) is 11.0 Å². The second-order valence-electron chi connectivity index (χ2n) is 5.46. The van der Waals surface area contributed by atoms with Crippen molar-refractivity contribution in [1.82, 2.24) is 10.3 Å².